The lowest BCUT2D eigenvalue weighted by Crippen LogP contribution is -2.32. The first-order valence-electron chi connectivity index (χ1n) is 7.53. The van der Waals surface area contributed by atoms with Gasteiger partial charge in [0.25, 0.3) is 0 Å². The standard InChI is InChI=1S/C17H18N2OS2/c1-11-13-6-9-22-15(13)5-7-19(11)10-14-12(2)20-17(18-14)16-4-3-8-21-16/h3-4,6,8-9,11H,5,7,10H2,1-2H3. The average molecular weight is 330 g/mol. The van der Waals surface area contributed by atoms with E-state index in [9.17, 15) is 0 Å². The minimum absolute atomic E-state index is 0.455. The third-order valence-electron chi connectivity index (χ3n) is 4.38. The van der Waals surface area contributed by atoms with Gasteiger partial charge < -0.3 is 4.42 Å². The fourth-order valence-electron chi connectivity index (χ4n) is 3.05. The van der Waals surface area contributed by atoms with Gasteiger partial charge in [-0.1, -0.05) is 6.07 Å². The summed E-state index contributed by atoms with van der Waals surface area (Å²) in [6.45, 7) is 6.26. The monoisotopic (exact) mass is 330 g/mol. The second-order valence-electron chi connectivity index (χ2n) is 5.69. The summed E-state index contributed by atoms with van der Waals surface area (Å²) in [5.41, 5.74) is 2.55. The molecule has 1 atom stereocenters. The fourth-order valence-corrected chi connectivity index (χ4v) is 4.66. The minimum Gasteiger partial charge on any atom is -0.440 e. The number of nitrogens with zero attached hydrogens (tertiary/aromatic N) is 2. The van der Waals surface area contributed by atoms with E-state index in [-0.39, 0.29) is 0 Å². The lowest BCUT2D eigenvalue weighted by atomic mass is 10.0. The van der Waals surface area contributed by atoms with E-state index >= 15 is 0 Å². The summed E-state index contributed by atoms with van der Waals surface area (Å²) < 4.78 is 5.86. The molecule has 1 aliphatic heterocycles. The molecule has 0 saturated heterocycles. The highest BCUT2D eigenvalue weighted by Gasteiger charge is 2.26. The largest absolute Gasteiger partial charge is 0.440 e. The van der Waals surface area contributed by atoms with E-state index in [1.54, 1.807) is 16.2 Å². The molecule has 0 N–H and O–H groups in total. The Hall–Kier alpha value is -1.43. The van der Waals surface area contributed by atoms with Gasteiger partial charge in [0, 0.05) is 24.0 Å². The first kappa shape index (κ1) is 14.2. The molecule has 114 valence electrons. The van der Waals surface area contributed by atoms with Gasteiger partial charge >= 0.3 is 0 Å². The predicted octanol–water partition coefficient (Wildman–Crippen LogP) is 4.89. The van der Waals surface area contributed by atoms with Crippen LogP contribution in [0.4, 0.5) is 0 Å². The second kappa shape index (κ2) is 5.65. The molecule has 0 aromatic carbocycles. The van der Waals surface area contributed by atoms with Crippen LogP contribution in [0.3, 0.4) is 0 Å². The number of thiophene rings is 2. The number of aromatic nitrogens is 1. The Morgan fingerprint density at radius 3 is 3.05 bits per heavy atom. The molecule has 0 radical (unpaired) electrons. The predicted molar refractivity (Wildman–Crippen MR) is 91.4 cm³/mol. The van der Waals surface area contributed by atoms with E-state index in [0.717, 1.165) is 41.7 Å². The Bertz CT molecular complexity index is 773. The lowest BCUT2D eigenvalue weighted by molar-refractivity contribution is 0.188. The molecule has 4 heterocycles. The van der Waals surface area contributed by atoms with Crippen LogP contribution >= 0.6 is 22.7 Å². The van der Waals surface area contributed by atoms with Crippen molar-refractivity contribution >= 4 is 22.7 Å². The number of hydrogen-bond donors (Lipinski definition) is 0. The maximum Gasteiger partial charge on any atom is 0.236 e. The van der Waals surface area contributed by atoms with Crippen molar-refractivity contribution < 1.29 is 4.42 Å². The summed E-state index contributed by atoms with van der Waals surface area (Å²) in [7, 11) is 0. The molecule has 0 saturated carbocycles. The highest BCUT2D eigenvalue weighted by Crippen LogP contribution is 2.34. The first-order chi connectivity index (χ1) is 10.7. The van der Waals surface area contributed by atoms with Crippen molar-refractivity contribution in [3.63, 3.8) is 0 Å². The summed E-state index contributed by atoms with van der Waals surface area (Å²) in [5, 5.41) is 4.26. The number of rotatable bonds is 3. The summed E-state index contributed by atoms with van der Waals surface area (Å²) in [6, 6.07) is 6.81. The molecular formula is C17H18N2OS2. The van der Waals surface area contributed by atoms with Gasteiger partial charge in [-0.2, -0.15) is 0 Å². The molecule has 5 heteroatoms. The summed E-state index contributed by atoms with van der Waals surface area (Å²) >= 11 is 3.55. The van der Waals surface area contributed by atoms with Crippen LogP contribution in [0.5, 0.6) is 0 Å². The van der Waals surface area contributed by atoms with Gasteiger partial charge in [-0.25, -0.2) is 4.98 Å². The third kappa shape index (κ3) is 2.43. The van der Waals surface area contributed by atoms with Crippen molar-refractivity contribution in [1.29, 1.82) is 0 Å². The highest BCUT2D eigenvalue weighted by molar-refractivity contribution is 7.13. The molecule has 22 heavy (non-hydrogen) atoms. The molecule has 3 aromatic heterocycles. The van der Waals surface area contributed by atoms with E-state index in [0.29, 0.717) is 6.04 Å². The quantitative estimate of drug-likeness (QED) is 0.684. The van der Waals surface area contributed by atoms with Crippen LogP contribution in [0.1, 0.15) is 34.9 Å². The smallest absolute Gasteiger partial charge is 0.236 e. The summed E-state index contributed by atoms with van der Waals surface area (Å²) in [6.07, 6.45) is 1.14. The van der Waals surface area contributed by atoms with Crippen molar-refractivity contribution in [2.45, 2.75) is 32.9 Å². The fraction of sp³-hybridized carbons (Fsp3) is 0.353. The SMILES string of the molecule is Cc1oc(-c2cccs2)nc1CN1CCc2sccc2C1C. The zero-order valence-corrected chi connectivity index (χ0v) is 14.3. The molecule has 0 spiro atoms. The van der Waals surface area contributed by atoms with Crippen LogP contribution in [-0.4, -0.2) is 16.4 Å². The van der Waals surface area contributed by atoms with Crippen LogP contribution in [0, 0.1) is 6.92 Å². The highest BCUT2D eigenvalue weighted by atomic mass is 32.1. The molecule has 4 rings (SSSR count). The Labute approximate surface area is 138 Å². The number of hydrogen-bond acceptors (Lipinski definition) is 5. The average Bonchev–Trinajstić information content (AvgIpc) is 3.23. The summed E-state index contributed by atoms with van der Waals surface area (Å²) in [5.74, 6) is 1.69. The molecule has 0 fully saturated rings. The maximum absolute atomic E-state index is 5.86. The van der Waals surface area contributed by atoms with Gasteiger partial charge in [-0.15, -0.1) is 22.7 Å². The Balaban J connectivity index is 1.57. The zero-order valence-electron chi connectivity index (χ0n) is 12.7. The van der Waals surface area contributed by atoms with Crippen LogP contribution in [0.2, 0.25) is 0 Å². The van der Waals surface area contributed by atoms with E-state index in [2.05, 4.69) is 34.7 Å². The van der Waals surface area contributed by atoms with Gasteiger partial charge in [0.15, 0.2) is 0 Å². The normalized spacial score (nSPS) is 18.5. The number of aryl methyl sites for hydroxylation is 1. The topological polar surface area (TPSA) is 29.3 Å². The third-order valence-corrected chi connectivity index (χ3v) is 6.24. The van der Waals surface area contributed by atoms with Crippen LogP contribution in [-0.2, 0) is 13.0 Å². The molecule has 1 aliphatic rings. The lowest BCUT2D eigenvalue weighted by Gasteiger charge is -2.33. The molecular weight excluding hydrogens is 312 g/mol. The van der Waals surface area contributed by atoms with E-state index in [1.165, 1.54) is 5.56 Å². The number of oxazole rings is 1. The van der Waals surface area contributed by atoms with Gasteiger partial charge in [-0.3, -0.25) is 4.90 Å². The summed E-state index contributed by atoms with van der Waals surface area (Å²) in [4.78, 5) is 9.87. The van der Waals surface area contributed by atoms with Crippen LogP contribution in [0.25, 0.3) is 10.8 Å². The van der Waals surface area contributed by atoms with E-state index in [4.69, 9.17) is 9.40 Å². The second-order valence-corrected chi connectivity index (χ2v) is 7.64. The molecule has 3 aromatic rings. The van der Waals surface area contributed by atoms with Crippen LogP contribution in [0.15, 0.2) is 33.4 Å². The molecule has 0 bridgehead atoms. The van der Waals surface area contributed by atoms with Crippen LogP contribution < -0.4 is 0 Å². The van der Waals surface area contributed by atoms with Gasteiger partial charge in [0.05, 0.1) is 10.6 Å². The molecule has 0 amide bonds. The Kier molecular flexibility index (Phi) is 3.64. The minimum atomic E-state index is 0.455. The zero-order chi connectivity index (χ0) is 15.1. The maximum atomic E-state index is 5.86. The molecule has 0 aliphatic carbocycles. The van der Waals surface area contributed by atoms with Crippen molar-refractivity contribution in [2.24, 2.45) is 0 Å². The Morgan fingerprint density at radius 2 is 2.23 bits per heavy atom. The van der Waals surface area contributed by atoms with Gasteiger partial charge in [-0.05, 0) is 48.7 Å². The van der Waals surface area contributed by atoms with Gasteiger partial charge in [0.2, 0.25) is 5.89 Å². The molecule has 3 nitrogen and oxygen atoms in total. The Morgan fingerprint density at radius 1 is 1.32 bits per heavy atom. The van der Waals surface area contributed by atoms with Crippen molar-refractivity contribution in [2.75, 3.05) is 6.54 Å². The van der Waals surface area contributed by atoms with E-state index < -0.39 is 0 Å². The van der Waals surface area contributed by atoms with E-state index in [1.807, 2.05) is 24.3 Å². The van der Waals surface area contributed by atoms with Gasteiger partial charge in [0.1, 0.15) is 5.76 Å². The van der Waals surface area contributed by atoms with Crippen molar-refractivity contribution in [3.05, 3.63) is 50.9 Å². The number of fused-ring (bicyclic) bond motifs is 1. The molecule has 1 unspecified atom stereocenters. The first-order valence-corrected chi connectivity index (χ1v) is 9.29. The van der Waals surface area contributed by atoms with Crippen molar-refractivity contribution in [1.82, 2.24) is 9.88 Å². The van der Waals surface area contributed by atoms with Crippen molar-refractivity contribution in [3.8, 4) is 10.8 Å².